The molecule has 6 heteroatoms. The van der Waals surface area contributed by atoms with Gasteiger partial charge in [-0.15, -0.1) is 0 Å². The Hall–Kier alpha value is -0.660. The van der Waals surface area contributed by atoms with Crippen LogP contribution in [0.5, 0.6) is 0 Å². The molecule has 26 heavy (non-hydrogen) atoms. The zero-order valence-electron chi connectivity index (χ0n) is 14.5. The first-order chi connectivity index (χ1) is 12.5. The van der Waals surface area contributed by atoms with Crippen molar-refractivity contribution in [2.24, 2.45) is 0 Å². The number of carbonyl (C=O) groups excluding carboxylic acids is 1. The second-order valence-corrected chi connectivity index (χ2v) is 8.86. The number of thioether (sulfide) groups is 1. The largest absolute Gasteiger partial charge is 0.345 e. The van der Waals surface area contributed by atoms with Gasteiger partial charge >= 0.3 is 0 Å². The van der Waals surface area contributed by atoms with Gasteiger partial charge in [-0.3, -0.25) is 4.79 Å². The van der Waals surface area contributed by atoms with Crippen LogP contribution in [-0.2, 0) is 14.3 Å². The number of methoxy groups -OCH3 is 1. The van der Waals surface area contributed by atoms with Crippen molar-refractivity contribution in [1.29, 1.82) is 0 Å². The Morgan fingerprint density at radius 3 is 2.38 bits per heavy atom. The van der Waals surface area contributed by atoms with E-state index in [1.165, 1.54) is 7.11 Å². The molecule has 1 aliphatic rings. The topological polar surface area (TPSA) is 35.5 Å². The second kappa shape index (κ2) is 8.57. The van der Waals surface area contributed by atoms with E-state index in [1.807, 2.05) is 42.5 Å². The first-order valence-electron chi connectivity index (χ1n) is 8.27. The molecule has 0 aliphatic carbocycles. The molecule has 2 aromatic carbocycles. The van der Waals surface area contributed by atoms with Gasteiger partial charge in [-0.05, 0) is 35.9 Å². The van der Waals surface area contributed by atoms with E-state index in [2.05, 4.69) is 44.0 Å². The van der Waals surface area contributed by atoms with E-state index in [0.29, 0.717) is 0 Å². The van der Waals surface area contributed by atoms with Crippen LogP contribution in [0.3, 0.4) is 0 Å². The van der Waals surface area contributed by atoms with Gasteiger partial charge < -0.3 is 9.47 Å². The number of rotatable bonds is 4. The van der Waals surface area contributed by atoms with Gasteiger partial charge in [0.15, 0.2) is 0 Å². The van der Waals surface area contributed by atoms with Gasteiger partial charge in [0, 0.05) is 17.5 Å². The minimum Gasteiger partial charge on any atom is -0.345 e. The Kier molecular flexibility index (Phi) is 6.62. The van der Waals surface area contributed by atoms with E-state index < -0.39 is 5.79 Å². The molecule has 0 N–H and O–H groups in total. The third-order valence-electron chi connectivity index (χ3n) is 4.74. The summed E-state index contributed by atoms with van der Waals surface area (Å²) in [5.41, 5.74) is 2.19. The summed E-state index contributed by atoms with van der Waals surface area (Å²) in [6, 6.07) is 18.2. The van der Waals surface area contributed by atoms with Crippen molar-refractivity contribution in [3.63, 3.8) is 0 Å². The fraction of sp³-hybridized carbons (Fsp3) is 0.350. The molecule has 3 rings (SSSR count). The number of benzene rings is 2. The zero-order valence-corrected chi connectivity index (χ0v) is 18.5. The van der Waals surface area contributed by atoms with Gasteiger partial charge in [-0.25, -0.2) is 0 Å². The van der Waals surface area contributed by atoms with Crippen LogP contribution in [0, 0.1) is 0 Å². The van der Waals surface area contributed by atoms with Gasteiger partial charge in [-0.1, -0.05) is 86.1 Å². The monoisotopic (exact) mass is 498 g/mol. The summed E-state index contributed by atoms with van der Waals surface area (Å²) in [7, 11) is 1.54. The fourth-order valence-corrected chi connectivity index (χ4v) is 5.36. The summed E-state index contributed by atoms with van der Waals surface area (Å²) in [6.45, 7) is 0. The number of ether oxygens (including phenoxy) is 2. The molecule has 2 aromatic rings. The first-order valence-corrected chi connectivity index (χ1v) is 11.2. The van der Waals surface area contributed by atoms with Crippen LogP contribution in [0.4, 0.5) is 0 Å². The standard InChI is InChI=1S/C20H20Br2O3S/c1-24-20(19(23)26-2)18(22)16(13-6-4-3-5-7-13)12-17(25-20)14-8-10-15(21)11-9-14/h3-11,16-18H,12H2,1-2H3/t16-,17+,18+,20-/m1/s1. The van der Waals surface area contributed by atoms with E-state index >= 15 is 0 Å². The van der Waals surface area contributed by atoms with E-state index in [9.17, 15) is 4.79 Å². The Morgan fingerprint density at radius 1 is 1.15 bits per heavy atom. The zero-order chi connectivity index (χ0) is 18.7. The maximum atomic E-state index is 12.8. The van der Waals surface area contributed by atoms with Crippen LogP contribution < -0.4 is 0 Å². The lowest BCUT2D eigenvalue weighted by atomic mass is 9.82. The maximum absolute atomic E-state index is 12.8. The summed E-state index contributed by atoms with van der Waals surface area (Å²) in [6.07, 6.45) is 2.28. The average Bonchev–Trinajstić information content (AvgIpc) is 2.69. The van der Waals surface area contributed by atoms with E-state index in [-0.39, 0.29) is 22.0 Å². The molecule has 0 bridgehead atoms. The van der Waals surface area contributed by atoms with Crippen LogP contribution in [-0.4, -0.2) is 29.1 Å². The van der Waals surface area contributed by atoms with Crippen molar-refractivity contribution >= 4 is 48.7 Å². The summed E-state index contributed by atoms with van der Waals surface area (Å²) in [5.74, 6) is -1.26. The Labute approximate surface area is 175 Å². The third kappa shape index (κ3) is 3.80. The summed E-state index contributed by atoms with van der Waals surface area (Å²) in [4.78, 5) is 12.5. The predicted octanol–water partition coefficient (Wildman–Crippen LogP) is 5.69. The van der Waals surface area contributed by atoms with Crippen molar-refractivity contribution in [3.05, 3.63) is 70.2 Å². The van der Waals surface area contributed by atoms with Gasteiger partial charge in [0.1, 0.15) is 0 Å². The lowest BCUT2D eigenvalue weighted by molar-refractivity contribution is -0.249. The average molecular weight is 500 g/mol. The first kappa shape index (κ1) is 20.1. The quantitative estimate of drug-likeness (QED) is 0.506. The van der Waals surface area contributed by atoms with E-state index in [1.54, 1.807) is 6.26 Å². The molecular weight excluding hydrogens is 480 g/mol. The van der Waals surface area contributed by atoms with Gasteiger partial charge in [0.2, 0.25) is 5.12 Å². The minimum absolute atomic E-state index is 0.0784. The lowest BCUT2D eigenvalue weighted by Gasteiger charge is -2.46. The van der Waals surface area contributed by atoms with Gasteiger partial charge in [0.05, 0.1) is 10.9 Å². The fourth-order valence-electron chi connectivity index (χ4n) is 3.37. The molecule has 0 saturated carbocycles. The Morgan fingerprint density at radius 2 is 1.81 bits per heavy atom. The van der Waals surface area contributed by atoms with Crippen LogP contribution in [0.1, 0.15) is 29.6 Å². The smallest absolute Gasteiger partial charge is 0.253 e. The highest BCUT2D eigenvalue weighted by Gasteiger charge is 2.55. The van der Waals surface area contributed by atoms with Crippen molar-refractivity contribution in [2.45, 2.75) is 29.1 Å². The van der Waals surface area contributed by atoms with Gasteiger partial charge in [-0.2, -0.15) is 0 Å². The number of hydrogen-bond donors (Lipinski definition) is 0. The Balaban J connectivity index is 2.05. The van der Waals surface area contributed by atoms with Crippen LogP contribution in [0.15, 0.2) is 59.1 Å². The summed E-state index contributed by atoms with van der Waals surface area (Å²) < 4.78 is 13.0. The molecule has 1 heterocycles. The normalized spacial score (nSPS) is 28.7. The minimum atomic E-state index is -1.34. The molecule has 1 saturated heterocycles. The molecule has 3 nitrogen and oxygen atoms in total. The highest BCUT2D eigenvalue weighted by Crippen LogP contribution is 2.50. The number of alkyl halides is 1. The maximum Gasteiger partial charge on any atom is 0.253 e. The lowest BCUT2D eigenvalue weighted by Crippen LogP contribution is -2.55. The number of halogens is 2. The van der Waals surface area contributed by atoms with Crippen molar-refractivity contribution in [1.82, 2.24) is 0 Å². The molecule has 0 amide bonds. The number of carbonyl (C=O) groups is 1. The third-order valence-corrected chi connectivity index (χ3v) is 7.17. The van der Waals surface area contributed by atoms with Crippen molar-refractivity contribution in [2.75, 3.05) is 13.4 Å². The van der Waals surface area contributed by atoms with Crippen LogP contribution in [0.2, 0.25) is 0 Å². The van der Waals surface area contributed by atoms with E-state index in [0.717, 1.165) is 33.8 Å². The molecule has 0 unspecified atom stereocenters. The SMILES string of the molecule is CO[C@@]1(C(=O)SC)O[C@H](c2ccc(Br)cc2)C[C@H](c2ccccc2)[C@@H]1Br. The Bertz CT molecular complexity index is 753. The molecule has 138 valence electrons. The highest BCUT2D eigenvalue weighted by molar-refractivity contribution is 9.10. The van der Waals surface area contributed by atoms with Crippen LogP contribution >= 0.6 is 43.6 Å². The van der Waals surface area contributed by atoms with Crippen molar-refractivity contribution in [3.8, 4) is 0 Å². The van der Waals surface area contributed by atoms with E-state index in [4.69, 9.17) is 9.47 Å². The predicted molar refractivity (Wildman–Crippen MR) is 113 cm³/mol. The summed E-state index contributed by atoms with van der Waals surface area (Å²) in [5, 5.41) is -0.135. The number of hydrogen-bond acceptors (Lipinski definition) is 4. The molecule has 4 atom stereocenters. The molecular formula is C20H20Br2O3S. The van der Waals surface area contributed by atoms with Gasteiger partial charge in [0.25, 0.3) is 5.79 Å². The molecule has 0 radical (unpaired) electrons. The second-order valence-electron chi connectivity index (χ2n) is 6.18. The molecule has 0 spiro atoms. The molecule has 0 aromatic heterocycles. The summed E-state index contributed by atoms with van der Waals surface area (Å²) >= 11 is 8.33. The highest BCUT2D eigenvalue weighted by atomic mass is 79.9. The molecule has 1 fully saturated rings. The van der Waals surface area contributed by atoms with Crippen molar-refractivity contribution < 1.29 is 14.3 Å². The van der Waals surface area contributed by atoms with Crippen LogP contribution in [0.25, 0.3) is 0 Å². The molecule has 1 aliphatic heterocycles.